The van der Waals surface area contributed by atoms with Crippen molar-refractivity contribution in [2.45, 2.75) is 26.3 Å². The van der Waals surface area contributed by atoms with Crippen LogP contribution in [-0.4, -0.2) is 43.3 Å². The van der Waals surface area contributed by atoms with Crippen LogP contribution in [0.3, 0.4) is 0 Å². The number of anilines is 3. The van der Waals surface area contributed by atoms with Crippen molar-refractivity contribution in [2.24, 2.45) is 0 Å². The third-order valence-corrected chi connectivity index (χ3v) is 6.55. The lowest BCUT2D eigenvalue weighted by Crippen LogP contribution is -2.29. The molecule has 0 saturated heterocycles. The summed E-state index contributed by atoms with van der Waals surface area (Å²) in [5.41, 5.74) is 4.46. The summed E-state index contributed by atoms with van der Waals surface area (Å²) in [5, 5.41) is 0.609. The largest absolute Gasteiger partial charge is 0.339 e. The molecule has 0 unspecified atom stereocenters. The van der Waals surface area contributed by atoms with Crippen molar-refractivity contribution in [3.05, 3.63) is 101 Å². The van der Waals surface area contributed by atoms with Gasteiger partial charge in [-0.2, -0.15) is 0 Å². The summed E-state index contributed by atoms with van der Waals surface area (Å²) in [4.78, 5) is 31.3. The second-order valence-corrected chi connectivity index (χ2v) is 9.60. The molecule has 0 fully saturated rings. The van der Waals surface area contributed by atoms with Gasteiger partial charge in [-0.1, -0.05) is 60.1 Å². The maximum atomic E-state index is 13.8. The molecule has 0 radical (unpaired) electrons. The molecule has 186 valence electrons. The minimum Gasteiger partial charge on any atom is -0.339 e. The van der Waals surface area contributed by atoms with Crippen LogP contribution >= 0.6 is 11.6 Å². The van der Waals surface area contributed by atoms with E-state index in [-0.39, 0.29) is 11.7 Å². The average Bonchev–Trinajstić information content (AvgIpc) is 2.96. The van der Waals surface area contributed by atoms with Crippen LogP contribution in [0.1, 0.15) is 35.7 Å². The maximum Gasteiger partial charge on any atom is 0.260 e. The molecule has 0 atom stereocenters. The summed E-state index contributed by atoms with van der Waals surface area (Å²) in [6, 6.07) is 23.7. The Morgan fingerprint density at radius 2 is 1.61 bits per heavy atom. The number of hydrogen-bond donors (Lipinski definition) is 0. The summed E-state index contributed by atoms with van der Waals surface area (Å²) in [5.74, 6) is 0.0360. The van der Waals surface area contributed by atoms with Gasteiger partial charge in [-0.05, 0) is 75.3 Å². The Kier molecular flexibility index (Phi) is 8.57. The number of nitrogens with zero attached hydrogens (tertiary/aromatic N) is 3. The monoisotopic (exact) mass is 501 g/mol. The van der Waals surface area contributed by atoms with E-state index in [1.807, 2.05) is 71.6 Å². The molecule has 0 saturated carbocycles. The van der Waals surface area contributed by atoms with E-state index in [1.165, 1.54) is 0 Å². The number of ketones is 1. The lowest BCUT2D eigenvalue weighted by molar-refractivity contribution is -0.112. The van der Waals surface area contributed by atoms with Gasteiger partial charge in [0.15, 0.2) is 5.78 Å². The number of unbranched alkanes of at least 4 members (excludes halogenated alkanes) is 1. The standard InChI is InChI=1S/C30H32ClN3O2/c1-23(35)11-10-19-32(2)18-8-9-20-33-27-14-6-7-15-28(27)34(22-24-12-4-3-5-13-24)30(36)26-17-16-25(31)21-29(26)33/h3-7,10-17,21H,8-9,18-20,22H2,1-2H3/b11-10+. The molecule has 3 aromatic carbocycles. The lowest BCUT2D eigenvalue weighted by Gasteiger charge is -2.28. The summed E-state index contributed by atoms with van der Waals surface area (Å²) < 4.78 is 0. The Hall–Kier alpha value is -3.41. The van der Waals surface area contributed by atoms with Crippen molar-refractivity contribution in [1.29, 1.82) is 0 Å². The van der Waals surface area contributed by atoms with E-state index < -0.39 is 0 Å². The summed E-state index contributed by atoms with van der Waals surface area (Å²) in [6.45, 7) is 4.47. The smallest absolute Gasteiger partial charge is 0.260 e. The van der Waals surface area contributed by atoms with Crippen molar-refractivity contribution in [1.82, 2.24) is 4.90 Å². The minimum atomic E-state index is -0.0301. The lowest BCUT2D eigenvalue weighted by atomic mass is 10.1. The van der Waals surface area contributed by atoms with Gasteiger partial charge >= 0.3 is 0 Å². The van der Waals surface area contributed by atoms with Gasteiger partial charge in [-0.15, -0.1) is 0 Å². The molecule has 4 rings (SSSR count). The van der Waals surface area contributed by atoms with E-state index in [0.717, 1.165) is 55.1 Å². The first-order chi connectivity index (χ1) is 17.4. The van der Waals surface area contributed by atoms with Gasteiger partial charge in [-0.25, -0.2) is 0 Å². The molecule has 1 aliphatic rings. The molecule has 5 nitrogen and oxygen atoms in total. The SMILES string of the molecule is CC(=O)/C=C/CN(C)CCCCN1c2cc(Cl)ccc2C(=O)N(Cc2ccccc2)c2ccccc21. The van der Waals surface area contributed by atoms with Crippen LogP contribution in [0, 0.1) is 0 Å². The van der Waals surface area contributed by atoms with Crippen molar-refractivity contribution in [3.63, 3.8) is 0 Å². The maximum absolute atomic E-state index is 13.8. The predicted molar refractivity (Wildman–Crippen MR) is 148 cm³/mol. The van der Waals surface area contributed by atoms with Crippen LogP contribution in [0.25, 0.3) is 0 Å². The number of carbonyl (C=O) groups is 2. The molecule has 0 spiro atoms. The molecular weight excluding hydrogens is 470 g/mol. The first-order valence-electron chi connectivity index (χ1n) is 12.3. The van der Waals surface area contributed by atoms with E-state index >= 15 is 0 Å². The Bertz CT molecular complexity index is 1240. The van der Waals surface area contributed by atoms with Gasteiger partial charge in [0.05, 0.1) is 29.2 Å². The molecule has 3 aromatic rings. The number of allylic oxidation sites excluding steroid dienone is 1. The molecule has 1 heterocycles. The van der Waals surface area contributed by atoms with E-state index in [1.54, 1.807) is 19.1 Å². The number of likely N-dealkylation sites (N-methyl/N-ethyl adjacent to an activating group) is 1. The average molecular weight is 502 g/mol. The van der Waals surface area contributed by atoms with Crippen LogP contribution in [-0.2, 0) is 11.3 Å². The van der Waals surface area contributed by atoms with Crippen LogP contribution in [0.15, 0.2) is 84.9 Å². The third kappa shape index (κ3) is 6.23. The Labute approximate surface area is 218 Å². The molecule has 6 heteroatoms. The van der Waals surface area contributed by atoms with E-state index in [9.17, 15) is 9.59 Å². The zero-order chi connectivity index (χ0) is 25.5. The minimum absolute atomic E-state index is 0.0301. The van der Waals surface area contributed by atoms with Gasteiger partial charge < -0.3 is 14.7 Å². The van der Waals surface area contributed by atoms with Gasteiger partial charge in [0.25, 0.3) is 5.91 Å². The van der Waals surface area contributed by atoms with Gasteiger partial charge in [0, 0.05) is 18.1 Å². The van der Waals surface area contributed by atoms with Crippen molar-refractivity contribution < 1.29 is 9.59 Å². The molecule has 0 N–H and O–H groups in total. The molecule has 0 aromatic heterocycles. The molecular formula is C30H32ClN3O2. The number of benzene rings is 3. The highest BCUT2D eigenvalue weighted by Crippen LogP contribution is 2.42. The highest BCUT2D eigenvalue weighted by molar-refractivity contribution is 6.31. The number of para-hydroxylation sites is 2. The highest BCUT2D eigenvalue weighted by Gasteiger charge is 2.31. The fourth-order valence-corrected chi connectivity index (χ4v) is 4.69. The first-order valence-corrected chi connectivity index (χ1v) is 12.7. The second-order valence-electron chi connectivity index (χ2n) is 9.16. The Morgan fingerprint density at radius 1 is 0.917 bits per heavy atom. The number of carbonyl (C=O) groups excluding carboxylic acids is 2. The van der Waals surface area contributed by atoms with Crippen molar-refractivity contribution in [2.75, 3.05) is 36.5 Å². The van der Waals surface area contributed by atoms with Crippen molar-refractivity contribution in [3.8, 4) is 0 Å². The third-order valence-electron chi connectivity index (χ3n) is 6.31. The number of hydrogen-bond acceptors (Lipinski definition) is 4. The topological polar surface area (TPSA) is 43.9 Å². The fourth-order valence-electron chi connectivity index (χ4n) is 4.52. The molecule has 36 heavy (non-hydrogen) atoms. The highest BCUT2D eigenvalue weighted by atomic mass is 35.5. The Balaban J connectivity index is 1.59. The fraction of sp³-hybridized carbons (Fsp3) is 0.267. The molecule has 1 amide bonds. The van der Waals surface area contributed by atoms with E-state index in [4.69, 9.17) is 11.6 Å². The van der Waals surface area contributed by atoms with E-state index in [2.05, 4.69) is 22.9 Å². The molecule has 1 aliphatic heterocycles. The van der Waals surface area contributed by atoms with Crippen LogP contribution < -0.4 is 9.80 Å². The summed E-state index contributed by atoms with van der Waals surface area (Å²) >= 11 is 6.42. The Morgan fingerprint density at radius 3 is 2.33 bits per heavy atom. The van der Waals surface area contributed by atoms with Crippen molar-refractivity contribution >= 4 is 40.4 Å². The second kappa shape index (κ2) is 12.0. The zero-order valence-electron chi connectivity index (χ0n) is 20.9. The quantitative estimate of drug-likeness (QED) is 0.235. The molecule has 0 bridgehead atoms. The van der Waals surface area contributed by atoms with Gasteiger partial charge in [0.1, 0.15) is 0 Å². The first kappa shape index (κ1) is 25.7. The van der Waals surface area contributed by atoms with Crippen LogP contribution in [0.2, 0.25) is 5.02 Å². The predicted octanol–water partition coefficient (Wildman–Crippen LogP) is 6.50. The van der Waals surface area contributed by atoms with Gasteiger partial charge in [-0.3, -0.25) is 9.59 Å². The zero-order valence-corrected chi connectivity index (χ0v) is 21.6. The number of fused-ring (bicyclic) bond motifs is 2. The normalized spacial score (nSPS) is 13.2. The van der Waals surface area contributed by atoms with E-state index in [0.29, 0.717) is 17.1 Å². The number of halogens is 1. The molecule has 0 aliphatic carbocycles. The summed E-state index contributed by atoms with van der Waals surface area (Å²) in [6.07, 6.45) is 5.44. The number of amides is 1. The summed E-state index contributed by atoms with van der Waals surface area (Å²) in [7, 11) is 2.06. The number of rotatable bonds is 10. The van der Waals surface area contributed by atoms with Gasteiger partial charge in [0.2, 0.25) is 0 Å². The van der Waals surface area contributed by atoms with Crippen LogP contribution in [0.5, 0.6) is 0 Å². The van der Waals surface area contributed by atoms with Crippen LogP contribution in [0.4, 0.5) is 17.1 Å².